The van der Waals surface area contributed by atoms with E-state index < -0.39 is 0 Å². The van der Waals surface area contributed by atoms with Crippen molar-refractivity contribution in [3.05, 3.63) is 24.3 Å². The number of unbranched alkanes of at least 4 members (excludes halogenated alkanes) is 2. The molecule has 2 aliphatic rings. The summed E-state index contributed by atoms with van der Waals surface area (Å²) >= 11 is 0. The molecular weight excluding hydrogens is 330 g/mol. The van der Waals surface area contributed by atoms with Gasteiger partial charge in [-0.25, -0.2) is 9.78 Å². The summed E-state index contributed by atoms with van der Waals surface area (Å²) in [6.07, 6.45) is 5.53. The number of carbonyl (C=O) groups is 2. The number of para-hydroxylation sites is 2. The van der Waals surface area contributed by atoms with E-state index in [1.54, 1.807) is 4.90 Å². The molecule has 2 aromatic rings. The van der Waals surface area contributed by atoms with Crippen molar-refractivity contribution >= 4 is 28.9 Å². The highest BCUT2D eigenvalue weighted by molar-refractivity contribution is 5.93. The molecule has 138 valence electrons. The SMILES string of the molecule is O=C(CCCCCNC(=O)N1CCn2c1nc1ccccc12)NC1CC1. The van der Waals surface area contributed by atoms with Gasteiger partial charge in [-0.1, -0.05) is 18.6 Å². The van der Waals surface area contributed by atoms with Crippen molar-refractivity contribution in [2.75, 3.05) is 18.0 Å². The number of nitrogens with zero attached hydrogens (tertiary/aromatic N) is 3. The zero-order chi connectivity index (χ0) is 17.9. The lowest BCUT2D eigenvalue weighted by Gasteiger charge is -2.15. The van der Waals surface area contributed by atoms with Crippen LogP contribution in [0.4, 0.5) is 10.7 Å². The second-order valence-electron chi connectivity index (χ2n) is 7.09. The van der Waals surface area contributed by atoms with Gasteiger partial charge in [-0.15, -0.1) is 0 Å². The van der Waals surface area contributed by atoms with Crippen molar-refractivity contribution < 1.29 is 9.59 Å². The van der Waals surface area contributed by atoms with E-state index in [0.29, 0.717) is 25.6 Å². The number of hydrogen-bond acceptors (Lipinski definition) is 3. The third kappa shape index (κ3) is 3.66. The average Bonchev–Trinajstić information content (AvgIpc) is 3.23. The Hall–Kier alpha value is -2.57. The standard InChI is InChI=1S/C19H25N5O2/c25-17(21-14-9-10-14)8-2-1-5-11-20-19(26)24-13-12-23-16-7-4-3-6-15(16)22-18(23)24/h3-4,6-7,14H,1-2,5,8-13H2,(H,20,26)(H,21,25). The van der Waals surface area contributed by atoms with Crippen LogP contribution in [0.1, 0.15) is 38.5 Å². The first-order valence-corrected chi connectivity index (χ1v) is 9.52. The van der Waals surface area contributed by atoms with Crippen LogP contribution in [0.25, 0.3) is 11.0 Å². The van der Waals surface area contributed by atoms with Crippen molar-refractivity contribution in [3.8, 4) is 0 Å². The molecule has 0 atom stereocenters. The molecule has 0 saturated heterocycles. The number of benzene rings is 1. The van der Waals surface area contributed by atoms with Gasteiger partial charge in [-0.05, 0) is 37.8 Å². The number of aromatic nitrogens is 2. The number of imidazole rings is 1. The van der Waals surface area contributed by atoms with Crippen molar-refractivity contribution in [2.45, 2.75) is 51.1 Å². The van der Waals surface area contributed by atoms with Crippen molar-refractivity contribution in [3.63, 3.8) is 0 Å². The summed E-state index contributed by atoms with van der Waals surface area (Å²) in [6, 6.07) is 8.30. The molecule has 1 saturated carbocycles. The van der Waals surface area contributed by atoms with Crippen molar-refractivity contribution in [1.29, 1.82) is 0 Å². The van der Waals surface area contributed by atoms with Crippen LogP contribution in [0, 0.1) is 0 Å². The largest absolute Gasteiger partial charge is 0.353 e. The fourth-order valence-corrected chi connectivity index (χ4v) is 3.39. The molecule has 2 heterocycles. The average molecular weight is 355 g/mol. The number of amides is 3. The summed E-state index contributed by atoms with van der Waals surface area (Å²) in [4.78, 5) is 30.4. The van der Waals surface area contributed by atoms with E-state index in [-0.39, 0.29) is 11.9 Å². The molecule has 1 aliphatic carbocycles. The molecule has 0 spiro atoms. The lowest BCUT2D eigenvalue weighted by Crippen LogP contribution is -2.39. The first-order valence-electron chi connectivity index (χ1n) is 9.52. The van der Waals surface area contributed by atoms with Crippen LogP contribution < -0.4 is 15.5 Å². The monoisotopic (exact) mass is 355 g/mol. The van der Waals surface area contributed by atoms with Crippen LogP contribution in [0.15, 0.2) is 24.3 Å². The Morgan fingerprint density at radius 3 is 2.81 bits per heavy atom. The van der Waals surface area contributed by atoms with Crippen LogP contribution in [-0.2, 0) is 11.3 Å². The van der Waals surface area contributed by atoms with E-state index in [9.17, 15) is 9.59 Å². The Balaban J connectivity index is 1.19. The van der Waals surface area contributed by atoms with Gasteiger partial charge in [0.1, 0.15) is 0 Å². The van der Waals surface area contributed by atoms with Gasteiger partial charge in [-0.2, -0.15) is 0 Å². The smallest absolute Gasteiger partial charge is 0.324 e. The molecule has 7 heteroatoms. The third-order valence-corrected chi connectivity index (χ3v) is 4.97. The lowest BCUT2D eigenvalue weighted by atomic mass is 10.2. The summed E-state index contributed by atoms with van der Waals surface area (Å²) in [7, 11) is 0. The molecule has 3 amide bonds. The summed E-state index contributed by atoms with van der Waals surface area (Å²) in [5.74, 6) is 0.882. The van der Waals surface area contributed by atoms with E-state index in [0.717, 1.165) is 55.6 Å². The topological polar surface area (TPSA) is 79.3 Å². The minimum absolute atomic E-state index is 0.0921. The van der Waals surface area contributed by atoms with Crippen LogP contribution in [0.5, 0.6) is 0 Å². The van der Waals surface area contributed by atoms with Gasteiger partial charge in [0.2, 0.25) is 11.9 Å². The van der Waals surface area contributed by atoms with Crippen molar-refractivity contribution in [2.24, 2.45) is 0 Å². The van der Waals surface area contributed by atoms with Gasteiger partial charge in [0.15, 0.2) is 0 Å². The van der Waals surface area contributed by atoms with E-state index in [1.165, 1.54) is 0 Å². The van der Waals surface area contributed by atoms with Crippen LogP contribution in [-0.4, -0.2) is 40.6 Å². The number of carbonyl (C=O) groups excluding carboxylic acids is 2. The highest BCUT2D eigenvalue weighted by atomic mass is 16.2. The summed E-state index contributed by atoms with van der Waals surface area (Å²) in [5.41, 5.74) is 1.99. The normalized spacial score (nSPS) is 15.9. The van der Waals surface area contributed by atoms with E-state index in [2.05, 4.69) is 20.2 Å². The molecule has 26 heavy (non-hydrogen) atoms. The highest BCUT2D eigenvalue weighted by Crippen LogP contribution is 2.26. The molecule has 0 radical (unpaired) electrons. The van der Waals surface area contributed by atoms with Gasteiger partial charge < -0.3 is 15.2 Å². The van der Waals surface area contributed by atoms with E-state index in [4.69, 9.17) is 0 Å². The van der Waals surface area contributed by atoms with Gasteiger partial charge in [0.05, 0.1) is 11.0 Å². The molecule has 0 unspecified atom stereocenters. The first-order chi connectivity index (χ1) is 12.7. The predicted molar refractivity (Wildman–Crippen MR) is 100 cm³/mol. The van der Waals surface area contributed by atoms with Gasteiger partial charge in [-0.3, -0.25) is 9.69 Å². The fraction of sp³-hybridized carbons (Fsp3) is 0.526. The molecule has 1 aromatic heterocycles. The van der Waals surface area contributed by atoms with Gasteiger partial charge in [0, 0.05) is 32.1 Å². The molecule has 1 fully saturated rings. The molecule has 1 aliphatic heterocycles. The van der Waals surface area contributed by atoms with E-state index >= 15 is 0 Å². The molecular formula is C19H25N5O2. The van der Waals surface area contributed by atoms with Gasteiger partial charge >= 0.3 is 6.03 Å². The van der Waals surface area contributed by atoms with E-state index in [1.807, 2.05) is 24.3 Å². The number of urea groups is 1. The molecule has 7 nitrogen and oxygen atoms in total. The summed E-state index contributed by atoms with van der Waals surface area (Å²) in [6.45, 7) is 2.06. The maximum absolute atomic E-state index is 12.5. The lowest BCUT2D eigenvalue weighted by molar-refractivity contribution is -0.121. The number of hydrogen-bond donors (Lipinski definition) is 2. The van der Waals surface area contributed by atoms with Gasteiger partial charge in [0.25, 0.3) is 0 Å². The zero-order valence-electron chi connectivity index (χ0n) is 14.9. The minimum atomic E-state index is -0.0921. The second-order valence-corrected chi connectivity index (χ2v) is 7.09. The Bertz CT molecular complexity index is 811. The maximum Gasteiger partial charge on any atom is 0.324 e. The van der Waals surface area contributed by atoms with Crippen LogP contribution in [0.3, 0.4) is 0 Å². The number of fused-ring (bicyclic) bond motifs is 3. The number of anilines is 1. The summed E-state index contributed by atoms with van der Waals surface area (Å²) < 4.78 is 2.09. The quantitative estimate of drug-likeness (QED) is 0.749. The number of nitrogens with one attached hydrogen (secondary N) is 2. The Morgan fingerprint density at radius 1 is 1.12 bits per heavy atom. The Labute approximate surface area is 152 Å². The highest BCUT2D eigenvalue weighted by Gasteiger charge is 2.28. The Morgan fingerprint density at radius 2 is 1.96 bits per heavy atom. The summed E-state index contributed by atoms with van der Waals surface area (Å²) in [5, 5.41) is 5.97. The molecule has 0 bridgehead atoms. The maximum atomic E-state index is 12.5. The minimum Gasteiger partial charge on any atom is -0.353 e. The zero-order valence-corrected chi connectivity index (χ0v) is 14.9. The molecule has 1 aromatic carbocycles. The van der Waals surface area contributed by atoms with Crippen LogP contribution >= 0.6 is 0 Å². The molecule has 4 rings (SSSR count). The number of rotatable bonds is 7. The van der Waals surface area contributed by atoms with Crippen molar-refractivity contribution in [1.82, 2.24) is 20.2 Å². The second kappa shape index (κ2) is 7.35. The molecule has 2 N–H and O–H groups in total. The Kier molecular flexibility index (Phi) is 4.77. The third-order valence-electron chi connectivity index (χ3n) is 4.97. The van der Waals surface area contributed by atoms with Crippen LogP contribution in [0.2, 0.25) is 0 Å². The first kappa shape index (κ1) is 16.9. The predicted octanol–water partition coefficient (Wildman–Crippen LogP) is 2.40. The fourth-order valence-electron chi connectivity index (χ4n) is 3.39.